The third-order valence-corrected chi connectivity index (χ3v) is 4.59. The predicted molar refractivity (Wildman–Crippen MR) is 115 cm³/mol. The van der Waals surface area contributed by atoms with Crippen LogP contribution in [0, 0.1) is 10.1 Å². The second-order valence-corrected chi connectivity index (χ2v) is 6.95. The van der Waals surface area contributed by atoms with Crippen LogP contribution < -0.4 is 10.2 Å². The van der Waals surface area contributed by atoms with Gasteiger partial charge < -0.3 is 4.74 Å². The van der Waals surface area contributed by atoms with E-state index in [0.717, 1.165) is 5.56 Å². The lowest BCUT2D eigenvalue weighted by atomic mass is 10.2. The van der Waals surface area contributed by atoms with E-state index >= 15 is 0 Å². The molecule has 0 saturated carbocycles. The lowest BCUT2D eigenvalue weighted by Crippen LogP contribution is -2.17. The summed E-state index contributed by atoms with van der Waals surface area (Å²) in [7, 11) is 0. The van der Waals surface area contributed by atoms with Crippen LogP contribution in [0.2, 0.25) is 10.0 Å². The molecule has 152 valence electrons. The zero-order valence-electron chi connectivity index (χ0n) is 15.4. The average molecular weight is 444 g/mol. The number of halogens is 2. The number of carbonyl (C=O) groups is 1. The van der Waals surface area contributed by atoms with E-state index in [1.165, 1.54) is 24.4 Å². The number of non-ortho nitro benzene ring substituents is 1. The van der Waals surface area contributed by atoms with Crippen molar-refractivity contribution in [2.75, 3.05) is 0 Å². The zero-order valence-corrected chi connectivity index (χ0v) is 16.9. The summed E-state index contributed by atoms with van der Waals surface area (Å²) in [6, 6.07) is 17.8. The normalized spacial score (nSPS) is 10.7. The molecule has 0 atom stereocenters. The zero-order chi connectivity index (χ0) is 21.5. The second-order valence-electron chi connectivity index (χ2n) is 6.10. The molecule has 1 N–H and O–H groups in total. The minimum Gasteiger partial charge on any atom is -0.489 e. The molecule has 9 heteroatoms. The van der Waals surface area contributed by atoms with Crippen LogP contribution in [0.25, 0.3) is 0 Å². The van der Waals surface area contributed by atoms with Crippen molar-refractivity contribution in [3.63, 3.8) is 0 Å². The summed E-state index contributed by atoms with van der Waals surface area (Å²) in [5, 5.41) is 15.6. The number of ether oxygens (including phenoxy) is 1. The predicted octanol–water partition coefficient (Wildman–Crippen LogP) is 5.24. The fourth-order valence-electron chi connectivity index (χ4n) is 2.42. The Labute approximate surface area is 182 Å². The first-order valence-corrected chi connectivity index (χ1v) is 9.42. The summed E-state index contributed by atoms with van der Waals surface area (Å²) in [5.41, 5.74) is 3.89. The Balaban J connectivity index is 1.57. The first-order valence-electron chi connectivity index (χ1n) is 8.67. The Morgan fingerprint density at radius 3 is 2.43 bits per heavy atom. The van der Waals surface area contributed by atoms with Crippen LogP contribution >= 0.6 is 23.2 Å². The van der Waals surface area contributed by atoms with E-state index in [4.69, 9.17) is 27.9 Å². The maximum Gasteiger partial charge on any atom is 0.271 e. The van der Waals surface area contributed by atoms with Crippen LogP contribution in [0.1, 0.15) is 21.5 Å². The van der Waals surface area contributed by atoms with Crippen molar-refractivity contribution < 1.29 is 14.5 Å². The summed E-state index contributed by atoms with van der Waals surface area (Å²) in [6.07, 6.45) is 1.25. The van der Waals surface area contributed by atoms with E-state index in [9.17, 15) is 14.9 Å². The summed E-state index contributed by atoms with van der Waals surface area (Å²) in [5.74, 6) is 0.158. The fourth-order valence-corrected chi connectivity index (χ4v) is 2.71. The molecule has 0 unspecified atom stereocenters. The number of benzene rings is 3. The molecule has 0 radical (unpaired) electrons. The second kappa shape index (κ2) is 9.87. The number of nitro groups is 1. The molecule has 1 amide bonds. The molecule has 3 aromatic rings. The number of carbonyl (C=O) groups excluding carboxylic acids is 1. The smallest absolute Gasteiger partial charge is 0.271 e. The van der Waals surface area contributed by atoms with Crippen LogP contribution in [-0.2, 0) is 6.61 Å². The topological polar surface area (TPSA) is 93.8 Å². The monoisotopic (exact) mass is 443 g/mol. The van der Waals surface area contributed by atoms with Gasteiger partial charge >= 0.3 is 0 Å². The number of rotatable bonds is 7. The standard InChI is InChI=1S/C21H15Cl2N3O4/c22-17-5-1-14(2-6-17)13-30-19-8-3-15(4-9-19)21(27)25-24-12-16-11-18(26(28)29)7-10-20(16)23/h1-12H,13H2,(H,25,27)/b24-12+. The molecular weight excluding hydrogens is 429 g/mol. The van der Waals surface area contributed by atoms with Gasteiger partial charge in [-0.15, -0.1) is 0 Å². The molecule has 0 fully saturated rings. The number of hydrogen-bond donors (Lipinski definition) is 1. The summed E-state index contributed by atoms with van der Waals surface area (Å²) < 4.78 is 5.68. The number of amides is 1. The van der Waals surface area contributed by atoms with Crippen molar-refractivity contribution in [3.8, 4) is 5.75 Å². The molecule has 0 spiro atoms. The van der Waals surface area contributed by atoms with Crippen molar-refractivity contribution in [2.45, 2.75) is 6.61 Å². The molecule has 0 bridgehead atoms. The number of hydrazone groups is 1. The molecular formula is C21H15Cl2N3O4. The average Bonchev–Trinajstić information content (AvgIpc) is 2.74. The van der Waals surface area contributed by atoms with E-state index in [1.807, 2.05) is 12.1 Å². The van der Waals surface area contributed by atoms with Gasteiger partial charge in [-0.2, -0.15) is 5.10 Å². The Hall–Kier alpha value is -3.42. The highest BCUT2D eigenvalue weighted by Gasteiger charge is 2.09. The molecule has 3 rings (SSSR count). The minimum atomic E-state index is -0.539. The van der Waals surface area contributed by atoms with Gasteiger partial charge in [0, 0.05) is 33.3 Å². The lowest BCUT2D eigenvalue weighted by molar-refractivity contribution is -0.384. The van der Waals surface area contributed by atoms with Gasteiger partial charge in [0.1, 0.15) is 12.4 Å². The first kappa shape index (κ1) is 21.3. The summed E-state index contributed by atoms with van der Waals surface area (Å²) in [4.78, 5) is 22.5. The Bertz CT molecular complexity index is 1080. The van der Waals surface area contributed by atoms with Gasteiger partial charge in [0.25, 0.3) is 11.6 Å². The third kappa shape index (κ3) is 5.79. The SMILES string of the molecule is O=C(N/N=C/c1cc([N+](=O)[O-])ccc1Cl)c1ccc(OCc2ccc(Cl)cc2)cc1. The van der Waals surface area contributed by atoms with Crippen molar-refractivity contribution in [3.05, 3.63) is 104 Å². The van der Waals surface area contributed by atoms with Gasteiger partial charge in [-0.3, -0.25) is 14.9 Å². The maximum atomic E-state index is 12.2. The van der Waals surface area contributed by atoms with Gasteiger partial charge in [-0.25, -0.2) is 5.43 Å². The van der Waals surface area contributed by atoms with E-state index < -0.39 is 10.8 Å². The highest BCUT2D eigenvalue weighted by atomic mass is 35.5. The molecule has 0 aromatic heterocycles. The number of nitrogens with zero attached hydrogens (tertiary/aromatic N) is 2. The van der Waals surface area contributed by atoms with Crippen molar-refractivity contribution in [1.29, 1.82) is 0 Å². The van der Waals surface area contributed by atoms with Crippen LogP contribution in [-0.4, -0.2) is 17.0 Å². The molecule has 0 heterocycles. The molecule has 0 aliphatic rings. The molecule has 0 saturated heterocycles. The highest BCUT2D eigenvalue weighted by molar-refractivity contribution is 6.33. The summed E-state index contributed by atoms with van der Waals surface area (Å²) in [6.45, 7) is 0.372. The van der Waals surface area contributed by atoms with Crippen molar-refractivity contribution in [2.24, 2.45) is 5.10 Å². The Kier molecular flexibility index (Phi) is 7.00. The van der Waals surface area contributed by atoms with Crippen molar-refractivity contribution in [1.82, 2.24) is 5.43 Å². The van der Waals surface area contributed by atoms with Gasteiger partial charge in [0.05, 0.1) is 11.1 Å². The van der Waals surface area contributed by atoms with Crippen LogP contribution in [0.15, 0.2) is 71.8 Å². The molecule has 30 heavy (non-hydrogen) atoms. The van der Waals surface area contributed by atoms with Crippen LogP contribution in [0.5, 0.6) is 5.75 Å². The molecule has 0 aliphatic carbocycles. The van der Waals surface area contributed by atoms with E-state index in [-0.39, 0.29) is 10.7 Å². The number of hydrogen-bond acceptors (Lipinski definition) is 5. The van der Waals surface area contributed by atoms with Crippen LogP contribution in [0.3, 0.4) is 0 Å². The first-order chi connectivity index (χ1) is 14.4. The summed E-state index contributed by atoms with van der Waals surface area (Å²) >= 11 is 11.8. The molecule has 7 nitrogen and oxygen atoms in total. The quantitative estimate of drug-likeness (QED) is 0.306. The van der Waals surface area contributed by atoms with Gasteiger partial charge in [0.2, 0.25) is 0 Å². The third-order valence-electron chi connectivity index (χ3n) is 4.00. The molecule has 0 aliphatic heterocycles. The van der Waals surface area contributed by atoms with Gasteiger partial charge in [-0.1, -0.05) is 35.3 Å². The van der Waals surface area contributed by atoms with E-state index in [2.05, 4.69) is 10.5 Å². The number of nitrogens with one attached hydrogen (secondary N) is 1. The largest absolute Gasteiger partial charge is 0.489 e. The lowest BCUT2D eigenvalue weighted by Gasteiger charge is -2.07. The van der Waals surface area contributed by atoms with Crippen molar-refractivity contribution >= 4 is 41.0 Å². The number of nitro benzene ring substituents is 1. The van der Waals surface area contributed by atoms with Crippen LogP contribution in [0.4, 0.5) is 5.69 Å². The molecule has 3 aromatic carbocycles. The highest BCUT2D eigenvalue weighted by Crippen LogP contribution is 2.20. The Morgan fingerprint density at radius 1 is 1.07 bits per heavy atom. The van der Waals surface area contributed by atoms with Gasteiger partial charge in [-0.05, 0) is 48.0 Å². The Morgan fingerprint density at radius 2 is 1.77 bits per heavy atom. The van der Waals surface area contributed by atoms with Gasteiger partial charge in [0.15, 0.2) is 0 Å². The van der Waals surface area contributed by atoms with E-state index in [1.54, 1.807) is 36.4 Å². The fraction of sp³-hybridized carbons (Fsp3) is 0.0476. The minimum absolute atomic E-state index is 0.124. The van der Waals surface area contributed by atoms with E-state index in [0.29, 0.717) is 28.5 Å². The maximum absolute atomic E-state index is 12.2.